The fourth-order valence-electron chi connectivity index (χ4n) is 9.58. The van der Waals surface area contributed by atoms with Crippen LogP contribution in [0.3, 0.4) is 0 Å². The summed E-state index contributed by atoms with van der Waals surface area (Å²) in [6, 6.07) is -1.14. The van der Waals surface area contributed by atoms with Crippen LogP contribution in [-0.2, 0) is 33.4 Å². The number of ketones is 3. The number of aliphatic hydroxyl groups excluding tert-OH is 2. The largest absolute Gasteiger partial charge is 0.457 e. The number of ether oxygens (including phenoxy) is 3. The number of rotatable bonds is 12. The summed E-state index contributed by atoms with van der Waals surface area (Å²) in [5.41, 5.74) is -1.19. The van der Waals surface area contributed by atoms with Crippen molar-refractivity contribution in [1.82, 2.24) is 0 Å². The van der Waals surface area contributed by atoms with Crippen molar-refractivity contribution in [1.29, 1.82) is 0 Å². The van der Waals surface area contributed by atoms with Gasteiger partial charge in [-0.2, -0.15) is 0 Å². The zero-order valence-corrected chi connectivity index (χ0v) is 27.9. The van der Waals surface area contributed by atoms with Gasteiger partial charge in [-0.25, -0.2) is 8.78 Å². The highest BCUT2D eigenvalue weighted by atomic mass is 19.1. The van der Waals surface area contributed by atoms with Crippen molar-refractivity contribution in [3.05, 3.63) is 23.8 Å². The third kappa shape index (κ3) is 5.46. The lowest BCUT2D eigenvalue weighted by atomic mass is 9.44. The maximum Gasteiger partial charge on any atom is 0.309 e. The van der Waals surface area contributed by atoms with Crippen molar-refractivity contribution in [2.45, 2.75) is 122 Å². The predicted molar refractivity (Wildman–Crippen MR) is 165 cm³/mol. The average Bonchev–Trinajstić information content (AvgIpc) is 3.49. The molecule has 1 heterocycles. The van der Waals surface area contributed by atoms with Gasteiger partial charge in [0.1, 0.15) is 6.17 Å². The molecule has 4 fully saturated rings. The van der Waals surface area contributed by atoms with Crippen molar-refractivity contribution in [3.63, 3.8) is 0 Å². The van der Waals surface area contributed by atoms with Crippen molar-refractivity contribution in [2.75, 3.05) is 13.2 Å². The Bertz CT molecular complexity index is 1350. The Balaban J connectivity index is 1.46. The van der Waals surface area contributed by atoms with Gasteiger partial charge in [-0.3, -0.25) is 19.2 Å². The summed E-state index contributed by atoms with van der Waals surface area (Å²) >= 11 is 0. The first kappa shape index (κ1) is 35.9. The van der Waals surface area contributed by atoms with Crippen LogP contribution in [0.25, 0.3) is 0 Å². The quantitative estimate of drug-likeness (QED) is 0.264. The third-order valence-electron chi connectivity index (χ3n) is 11.9. The van der Waals surface area contributed by atoms with Crippen LogP contribution < -0.4 is 5.73 Å². The van der Waals surface area contributed by atoms with Gasteiger partial charge in [0.15, 0.2) is 35.7 Å². The van der Waals surface area contributed by atoms with Gasteiger partial charge in [-0.1, -0.05) is 40.2 Å². The average molecular weight is 666 g/mol. The topological polar surface area (TPSA) is 162 Å². The lowest BCUT2D eigenvalue weighted by Gasteiger charge is -2.63. The van der Waals surface area contributed by atoms with E-state index in [1.54, 1.807) is 6.92 Å². The zero-order chi connectivity index (χ0) is 34.7. The van der Waals surface area contributed by atoms with Crippen LogP contribution >= 0.6 is 0 Å². The molecule has 10 nitrogen and oxygen atoms in total. The van der Waals surface area contributed by atoms with E-state index < -0.39 is 107 Å². The van der Waals surface area contributed by atoms with E-state index in [9.17, 15) is 29.4 Å². The van der Waals surface area contributed by atoms with Crippen LogP contribution in [0, 0.1) is 34.5 Å². The summed E-state index contributed by atoms with van der Waals surface area (Å²) in [7, 11) is 0. The van der Waals surface area contributed by atoms with Crippen molar-refractivity contribution in [3.8, 4) is 0 Å². The summed E-state index contributed by atoms with van der Waals surface area (Å²) in [5, 5.41) is 21.0. The number of halogens is 2. The van der Waals surface area contributed by atoms with E-state index >= 15 is 8.78 Å². The molecule has 0 aromatic rings. The number of carbonyl (C=O) groups is 4. The Morgan fingerprint density at radius 3 is 2.53 bits per heavy atom. The molecule has 4 aliphatic carbocycles. The van der Waals surface area contributed by atoms with Gasteiger partial charge in [-0.15, -0.1) is 0 Å². The van der Waals surface area contributed by atoms with Crippen molar-refractivity contribution < 1.29 is 52.4 Å². The minimum absolute atomic E-state index is 0.00665. The lowest BCUT2D eigenvalue weighted by Crippen LogP contribution is -2.71. The van der Waals surface area contributed by atoms with Crippen LogP contribution in [0.2, 0.25) is 0 Å². The Kier molecular flexibility index (Phi) is 9.80. The first-order valence-electron chi connectivity index (χ1n) is 16.9. The summed E-state index contributed by atoms with van der Waals surface area (Å²) in [6.07, 6.45) is -0.384. The third-order valence-corrected chi connectivity index (χ3v) is 11.9. The molecule has 0 aromatic carbocycles. The van der Waals surface area contributed by atoms with Gasteiger partial charge in [0, 0.05) is 23.2 Å². The molecule has 0 radical (unpaired) electrons. The first-order valence-corrected chi connectivity index (χ1v) is 16.9. The lowest BCUT2D eigenvalue weighted by molar-refractivity contribution is -0.235. The molecule has 0 amide bonds. The van der Waals surface area contributed by atoms with Gasteiger partial charge in [-0.05, 0) is 68.6 Å². The normalized spacial score (nSPS) is 41.8. The highest BCUT2D eigenvalue weighted by molar-refractivity contribution is 6.01. The van der Waals surface area contributed by atoms with E-state index in [4.69, 9.17) is 19.9 Å². The highest BCUT2D eigenvalue weighted by Crippen LogP contribution is 2.72. The van der Waals surface area contributed by atoms with Crippen LogP contribution in [0.5, 0.6) is 0 Å². The summed E-state index contributed by atoms with van der Waals surface area (Å²) in [4.78, 5) is 52.4. The number of aliphatic hydroxyl groups is 2. The smallest absolute Gasteiger partial charge is 0.309 e. The number of Topliss-reactive ketones (excluding diaryl/α,β-unsaturated/α-hetero) is 2. The van der Waals surface area contributed by atoms with Crippen molar-refractivity contribution >= 4 is 23.3 Å². The number of hydrogen-bond acceptors (Lipinski definition) is 10. The molecule has 12 heteroatoms. The maximum absolute atomic E-state index is 17.7. The van der Waals surface area contributed by atoms with Gasteiger partial charge in [0.2, 0.25) is 5.78 Å². The van der Waals surface area contributed by atoms with E-state index in [0.717, 1.165) is 6.08 Å². The monoisotopic (exact) mass is 665 g/mol. The molecule has 1 saturated heterocycles. The van der Waals surface area contributed by atoms with Crippen molar-refractivity contribution in [2.24, 2.45) is 40.2 Å². The highest BCUT2D eigenvalue weighted by Gasteiger charge is 2.80. The number of fused-ring (bicyclic) bond motifs is 7. The molecule has 0 bridgehead atoms. The number of allylic oxidation sites excluding steroid dienone is 4. The van der Waals surface area contributed by atoms with E-state index in [0.29, 0.717) is 12.8 Å². The molecular formula is C35H49F2NO9. The number of esters is 1. The number of alkyl halides is 2. The molecule has 3 saturated carbocycles. The van der Waals surface area contributed by atoms with Gasteiger partial charge in [0.25, 0.3) is 0 Å². The van der Waals surface area contributed by atoms with Crippen LogP contribution in [0.1, 0.15) is 79.6 Å². The molecule has 1 aliphatic heterocycles. The second kappa shape index (κ2) is 12.8. The zero-order valence-electron chi connectivity index (χ0n) is 27.9. The van der Waals surface area contributed by atoms with Gasteiger partial charge in [0.05, 0.1) is 30.8 Å². The second-order valence-corrected chi connectivity index (χ2v) is 15.1. The molecule has 5 aliphatic rings. The Labute approximate surface area is 274 Å². The van der Waals surface area contributed by atoms with Crippen LogP contribution in [0.4, 0.5) is 8.78 Å². The Morgan fingerprint density at radius 1 is 1.19 bits per heavy atom. The van der Waals surface area contributed by atoms with E-state index in [2.05, 4.69) is 0 Å². The van der Waals surface area contributed by atoms with E-state index in [-0.39, 0.29) is 43.6 Å². The van der Waals surface area contributed by atoms with Gasteiger partial charge < -0.3 is 30.2 Å². The summed E-state index contributed by atoms with van der Waals surface area (Å²) < 4.78 is 51.9. The summed E-state index contributed by atoms with van der Waals surface area (Å²) in [6.45, 7) is 7.65. The second-order valence-electron chi connectivity index (χ2n) is 15.1. The minimum atomic E-state index is -2.34. The molecule has 0 aromatic heterocycles. The molecule has 12 atom stereocenters. The number of nitrogens with two attached hydrogens (primary N) is 1. The fraction of sp³-hybridized carbons (Fsp3) is 0.771. The molecule has 0 spiro atoms. The maximum atomic E-state index is 17.7. The van der Waals surface area contributed by atoms with Crippen LogP contribution in [-0.4, -0.2) is 88.7 Å². The molecule has 262 valence electrons. The molecule has 4 N–H and O–H groups in total. The first-order chi connectivity index (χ1) is 22.0. The number of hydrogen-bond donors (Lipinski definition) is 3. The number of carbonyl (C=O) groups excluding carboxylic acids is 4. The molecule has 1 unspecified atom stereocenters. The summed E-state index contributed by atoms with van der Waals surface area (Å²) in [5.74, 6) is -4.91. The predicted octanol–water partition coefficient (Wildman–Crippen LogP) is 3.25. The molecule has 47 heavy (non-hydrogen) atoms. The molecule has 5 rings (SSSR count). The Morgan fingerprint density at radius 2 is 1.89 bits per heavy atom. The van der Waals surface area contributed by atoms with E-state index in [1.165, 1.54) is 19.1 Å². The Hall–Kier alpha value is -2.38. The van der Waals surface area contributed by atoms with E-state index in [1.807, 2.05) is 20.8 Å². The fourth-order valence-corrected chi connectivity index (χ4v) is 9.58. The standard InChI is InChI=1S/C35H49F2NO9/c1-6-7-30-46-29-14-21-22-13-24(36)23-12-20(40)8-9-32(23,4)34(22,37)27(42)15-33(21,5)35(29,47-30)28(43)17-45-31(44)19(10-18(2)3)11-26(41)25(38)16-39/h8-9,12,18-19,21-22,24-25,27,29-30,39,42H,6-7,10-11,13-17,38H2,1-5H3/t19-,21+,22+,24+,25+,27+,29-,30?,32+,33+,34+,35-/m1/s1. The minimum Gasteiger partial charge on any atom is -0.457 e. The SMILES string of the molecule is CCCC1O[C@@H]2C[C@H]3[C@@H]4C[C@H](F)C5=CC(=O)C=C[C@]5(C)[C@@]4(F)[C@@H](O)C[C@]3(C)[C@]2(C(=O)COC(=O)[C@@H](CC(=O)[C@@H](N)CO)CC(C)C)O1. The van der Waals surface area contributed by atoms with Gasteiger partial charge >= 0.3 is 5.97 Å². The van der Waals surface area contributed by atoms with Crippen LogP contribution in [0.15, 0.2) is 23.8 Å². The molecular weight excluding hydrogens is 616 g/mol.